The first-order valence-electron chi connectivity index (χ1n) is 9.15. The van der Waals surface area contributed by atoms with Gasteiger partial charge in [0.05, 0.1) is 24.5 Å². The first-order chi connectivity index (χ1) is 13.6. The van der Waals surface area contributed by atoms with Crippen molar-refractivity contribution in [1.29, 1.82) is 0 Å². The van der Waals surface area contributed by atoms with Gasteiger partial charge < -0.3 is 19.0 Å². The van der Waals surface area contributed by atoms with Crippen molar-refractivity contribution in [1.82, 2.24) is 4.98 Å². The summed E-state index contributed by atoms with van der Waals surface area (Å²) in [7, 11) is -1.38. The van der Waals surface area contributed by atoms with Crippen molar-refractivity contribution in [3.05, 3.63) is 83.7 Å². The van der Waals surface area contributed by atoms with Crippen molar-refractivity contribution in [2.24, 2.45) is 0 Å². The number of aromatic amines is 1. The second-order valence-electron chi connectivity index (χ2n) is 6.41. The van der Waals surface area contributed by atoms with E-state index < -0.39 is 13.1 Å². The quantitative estimate of drug-likeness (QED) is 0.463. The zero-order valence-corrected chi connectivity index (χ0v) is 16.9. The molecular weight excluding hydrogens is 373 g/mol. The van der Waals surface area contributed by atoms with Crippen LogP contribution in [0.25, 0.3) is 0 Å². The van der Waals surface area contributed by atoms with Gasteiger partial charge in [-0.3, -0.25) is 0 Å². The van der Waals surface area contributed by atoms with E-state index in [0.29, 0.717) is 17.0 Å². The molecule has 6 heteroatoms. The van der Waals surface area contributed by atoms with Crippen LogP contribution in [0.1, 0.15) is 28.7 Å². The second-order valence-corrected chi connectivity index (χ2v) is 9.24. The maximum Gasteiger partial charge on any atom is 0.340 e. The predicted molar refractivity (Wildman–Crippen MR) is 111 cm³/mol. The molecule has 3 aromatic rings. The summed E-state index contributed by atoms with van der Waals surface area (Å²) in [6.45, 7) is 2.30. The van der Waals surface area contributed by atoms with Gasteiger partial charge in [-0.15, -0.1) is 0 Å². The standard InChI is InChI=1S/C22H24NO4P/c1-3-27-22(24)20-14-17(23-21(20)15-26-2)16-28(25,18-10-6-4-7-11-18)19-12-8-5-9-13-19/h4-14,23H,3,15-16H2,1-2H3. The van der Waals surface area contributed by atoms with Gasteiger partial charge in [0.2, 0.25) is 0 Å². The molecule has 146 valence electrons. The largest absolute Gasteiger partial charge is 0.462 e. The van der Waals surface area contributed by atoms with Gasteiger partial charge in [0.15, 0.2) is 0 Å². The molecular formula is C22H24NO4P. The molecule has 0 aliphatic carbocycles. The Morgan fingerprint density at radius 2 is 1.57 bits per heavy atom. The molecule has 3 rings (SSSR count). The molecule has 0 saturated carbocycles. The number of aromatic nitrogens is 1. The third kappa shape index (κ3) is 4.27. The number of hydrogen-bond acceptors (Lipinski definition) is 4. The highest BCUT2D eigenvalue weighted by Gasteiger charge is 2.29. The topological polar surface area (TPSA) is 68.4 Å². The van der Waals surface area contributed by atoms with E-state index in [1.807, 2.05) is 60.7 Å². The lowest BCUT2D eigenvalue weighted by molar-refractivity contribution is 0.0521. The molecule has 0 aliphatic heterocycles. The van der Waals surface area contributed by atoms with Crippen molar-refractivity contribution >= 4 is 23.7 Å². The number of esters is 1. The van der Waals surface area contributed by atoms with Crippen LogP contribution in [0.5, 0.6) is 0 Å². The molecule has 0 unspecified atom stereocenters. The number of hydrogen-bond donors (Lipinski definition) is 1. The van der Waals surface area contributed by atoms with Crippen LogP contribution in [0.3, 0.4) is 0 Å². The Hall–Kier alpha value is -2.62. The second kappa shape index (κ2) is 9.05. The maximum atomic E-state index is 14.2. The third-order valence-electron chi connectivity index (χ3n) is 4.48. The van der Waals surface area contributed by atoms with Crippen LogP contribution >= 0.6 is 7.14 Å². The van der Waals surface area contributed by atoms with Crippen LogP contribution < -0.4 is 10.6 Å². The summed E-state index contributed by atoms with van der Waals surface area (Å²) in [5.41, 5.74) is 1.76. The summed E-state index contributed by atoms with van der Waals surface area (Å²) >= 11 is 0. The molecule has 0 saturated heterocycles. The minimum Gasteiger partial charge on any atom is -0.462 e. The molecule has 0 spiro atoms. The van der Waals surface area contributed by atoms with E-state index in [1.54, 1.807) is 20.1 Å². The SMILES string of the molecule is CCOC(=O)c1cc(CP(=O)(c2ccccc2)c2ccccc2)[nH]c1COC. The average Bonchev–Trinajstić information content (AvgIpc) is 3.12. The van der Waals surface area contributed by atoms with Gasteiger partial charge in [-0.25, -0.2) is 4.79 Å². The lowest BCUT2D eigenvalue weighted by Crippen LogP contribution is -2.17. The van der Waals surface area contributed by atoms with E-state index in [1.165, 1.54) is 0 Å². The van der Waals surface area contributed by atoms with Crippen molar-refractivity contribution in [3.63, 3.8) is 0 Å². The zero-order valence-electron chi connectivity index (χ0n) is 16.1. The van der Waals surface area contributed by atoms with Crippen LogP contribution in [0.4, 0.5) is 0 Å². The summed E-state index contributed by atoms with van der Waals surface area (Å²) in [5.74, 6) is -0.411. The first kappa shape index (κ1) is 20.1. The fourth-order valence-electron chi connectivity index (χ4n) is 3.20. The van der Waals surface area contributed by atoms with Crippen LogP contribution in [0.15, 0.2) is 66.7 Å². The molecule has 0 aliphatic rings. The number of carbonyl (C=O) groups excluding carboxylic acids is 1. The summed E-state index contributed by atoms with van der Waals surface area (Å²) in [4.78, 5) is 15.5. The van der Waals surface area contributed by atoms with Crippen molar-refractivity contribution in [2.45, 2.75) is 19.7 Å². The van der Waals surface area contributed by atoms with Gasteiger partial charge in [0.1, 0.15) is 7.14 Å². The number of carbonyl (C=O) groups is 1. The van der Waals surface area contributed by atoms with Gasteiger partial charge in [-0.1, -0.05) is 60.7 Å². The fraction of sp³-hybridized carbons (Fsp3) is 0.227. The molecule has 2 aromatic carbocycles. The van der Waals surface area contributed by atoms with Gasteiger partial charge in [-0.2, -0.15) is 0 Å². The van der Waals surface area contributed by atoms with Crippen LogP contribution in [-0.2, 0) is 26.8 Å². The number of ether oxygens (including phenoxy) is 2. The minimum atomic E-state index is -2.94. The van der Waals surface area contributed by atoms with E-state index in [4.69, 9.17) is 9.47 Å². The van der Waals surface area contributed by atoms with Gasteiger partial charge in [0.25, 0.3) is 0 Å². The molecule has 0 fully saturated rings. The lowest BCUT2D eigenvalue weighted by atomic mass is 10.2. The van der Waals surface area contributed by atoms with E-state index in [-0.39, 0.29) is 19.4 Å². The van der Waals surface area contributed by atoms with Crippen molar-refractivity contribution in [2.75, 3.05) is 13.7 Å². The van der Waals surface area contributed by atoms with Crippen molar-refractivity contribution in [3.8, 4) is 0 Å². The van der Waals surface area contributed by atoms with Gasteiger partial charge in [0, 0.05) is 29.6 Å². The van der Waals surface area contributed by atoms with Crippen molar-refractivity contribution < 1.29 is 18.8 Å². The van der Waals surface area contributed by atoms with Crippen LogP contribution in [-0.4, -0.2) is 24.7 Å². The summed E-state index contributed by atoms with van der Waals surface area (Å²) in [6.07, 6.45) is 0.275. The Morgan fingerprint density at radius 1 is 1.00 bits per heavy atom. The molecule has 0 bridgehead atoms. The fourth-order valence-corrected chi connectivity index (χ4v) is 5.82. The highest BCUT2D eigenvalue weighted by molar-refractivity contribution is 7.78. The molecule has 1 heterocycles. The van der Waals surface area contributed by atoms with E-state index in [0.717, 1.165) is 10.6 Å². The third-order valence-corrected chi connectivity index (χ3v) is 7.53. The molecule has 1 N–H and O–H groups in total. The Balaban J connectivity index is 2.04. The smallest absolute Gasteiger partial charge is 0.340 e. The zero-order chi connectivity index (χ0) is 20.0. The Morgan fingerprint density at radius 3 is 2.07 bits per heavy atom. The molecule has 1 aromatic heterocycles. The lowest BCUT2D eigenvalue weighted by Gasteiger charge is -2.18. The van der Waals surface area contributed by atoms with Gasteiger partial charge >= 0.3 is 5.97 Å². The summed E-state index contributed by atoms with van der Waals surface area (Å²) in [5, 5.41) is 1.56. The van der Waals surface area contributed by atoms with Crippen LogP contribution in [0, 0.1) is 0 Å². The highest BCUT2D eigenvalue weighted by Crippen LogP contribution is 2.46. The first-order valence-corrected chi connectivity index (χ1v) is 11.0. The predicted octanol–water partition coefficient (Wildman–Crippen LogP) is 3.85. The monoisotopic (exact) mass is 397 g/mol. The van der Waals surface area contributed by atoms with Crippen LogP contribution in [0.2, 0.25) is 0 Å². The molecule has 0 atom stereocenters. The number of rotatable bonds is 8. The number of H-pyrrole nitrogens is 1. The number of nitrogens with one attached hydrogen (secondary N) is 1. The maximum absolute atomic E-state index is 14.2. The molecule has 0 amide bonds. The van der Waals surface area contributed by atoms with Gasteiger partial charge in [-0.05, 0) is 13.0 Å². The van der Waals surface area contributed by atoms with E-state index in [2.05, 4.69) is 4.98 Å². The normalized spacial score (nSPS) is 11.4. The Kier molecular flexibility index (Phi) is 6.50. The minimum absolute atomic E-state index is 0.245. The number of methoxy groups -OCH3 is 1. The molecule has 5 nitrogen and oxygen atoms in total. The average molecular weight is 397 g/mol. The van der Waals surface area contributed by atoms with E-state index >= 15 is 0 Å². The Bertz CT molecular complexity index is 923. The van der Waals surface area contributed by atoms with E-state index in [9.17, 15) is 9.36 Å². The summed E-state index contributed by atoms with van der Waals surface area (Å²) < 4.78 is 24.5. The summed E-state index contributed by atoms with van der Waals surface area (Å²) in [6, 6.07) is 20.6. The Labute approximate surface area is 165 Å². The highest BCUT2D eigenvalue weighted by atomic mass is 31.2. The number of benzene rings is 2. The molecule has 0 radical (unpaired) electrons. The molecule has 28 heavy (non-hydrogen) atoms.